The summed E-state index contributed by atoms with van der Waals surface area (Å²) in [5, 5.41) is 20.4. The molecule has 2 heterocycles. The second-order valence-electron chi connectivity index (χ2n) is 6.21. The Bertz CT molecular complexity index is 735. The molecule has 0 bridgehead atoms. The molecule has 24 heavy (non-hydrogen) atoms. The molecule has 2 N–H and O–H groups in total. The SMILES string of the molecule is O=c1cc(CN2CCC(C(O)c3ccc(Cl)cc3)CC2)occ1O. The van der Waals surface area contributed by atoms with Crippen LogP contribution in [0.4, 0.5) is 0 Å². The molecule has 5 nitrogen and oxygen atoms in total. The van der Waals surface area contributed by atoms with Crippen molar-refractivity contribution in [2.24, 2.45) is 5.92 Å². The molecule has 1 aromatic heterocycles. The van der Waals surface area contributed by atoms with Crippen molar-refractivity contribution in [2.45, 2.75) is 25.5 Å². The summed E-state index contributed by atoms with van der Waals surface area (Å²) in [6.45, 7) is 2.17. The van der Waals surface area contributed by atoms with Crippen LogP contribution in [0.3, 0.4) is 0 Å². The Hall–Kier alpha value is -1.82. The van der Waals surface area contributed by atoms with Crippen LogP contribution in [-0.2, 0) is 6.54 Å². The van der Waals surface area contributed by atoms with E-state index in [0.29, 0.717) is 17.3 Å². The van der Waals surface area contributed by atoms with Crippen molar-refractivity contribution in [1.82, 2.24) is 4.90 Å². The molecule has 0 radical (unpaired) electrons. The van der Waals surface area contributed by atoms with E-state index in [0.717, 1.165) is 37.8 Å². The maximum absolute atomic E-state index is 11.4. The van der Waals surface area contributed by atoms with Gasteiger partial charge in [-0.3, -0.25) is 9.69 Å². The maximum atomic E-state index is 11.4. The van der Waals surface area contributed by atoms with Crippen molar-refractivity contribution >= 4 is 11.6 Å². The van der Waals surface area contributed by atoms with Crippen LogP contribution in [0.25, 0.3) is 0 Å². The summed E-state index contributed by atoms with van der Waals surface area (Å²) in [5.74, 6) is 0.368. The second kappa shape index (κ2) is 7.38. The van der Waals surface area contributed by atoms with E-state index in [1.54, 1.807) is 12.1 Å². The van der Waals surface area contributed by atoms with Gasteiger partial charge in [0.05, 0.1) is 12.6 Å². The highest BCUT2D eigenvalue weighted by Crippen LogP contribution is 2.31. The first kappa shape index (κ1) is 17.0. The molecule has 1 unspecified atom stereocenters. The quantitative estimate of drug-likeness (QED) is 0.887. The average molecular weight is 350 g/mol. The lowest BCUT2D eigenvalue weighted by Gasteiger charge is -2.34. The predicted molar refractivity (Wildman–Crippen MR) is 91.1 cm³/mol. The fourth-order valence-electron chi connectivity index (χ4n) is 3.11. The molecule has 0 saturated carbocycles. The van der Waals surface area contributed by atoms with E-state index >= 15 is 0 Å². The van der Waals surface area contributed by atoms with Crippen LogP contribution in [0.1, 0.15) is 30.3 Å². The topological polar surface area (TPSA) is 73.9 Å². The van der Waals surface area contributed by atoms with E-state index in [1.807, 2.05) is 12.1 Å². The Balaban J connectivity index is 1.56. The first-order valence-corrected chi connectivity index (χ1v) is 8.37. The summed E-state index contributed by atoms with van der Waals surface area (Å²) in [5.41, 5.74) is 0.465. The minimum atomic E-state index is -0.490. The fraction of sp³-hybridized carbons (Fsp3) is 0.389. The number of piperidine rings is 1. The zero-order valence-corrected chi connectivity index (χ0v) is 13.9. The van der Waals surface area contributed by atoms with Gasteiger partial charge in [0, 0.05) is 11.1 Å². The first-order chi connectivity index (χ1) is 11.5. The van der Waals surface area contributed by atoms with Crippen molar-refractivity contribution in [3.05, 3.63) is 63.2 Å². The Labute approximate surface area is 145 Å². The van der Waals surface area contributed by atoms with Crippen LogP contribution in [-0.4, -0.2) is 28.2 Å². The number of rotatable bonds is 4. The molecule has 1 fully saturated rings. The number of likely N-dealkylation sites (tertiary alicyclic amines) is 1. The average Bonchev–Trinajstić information content (AvgIpc) is 2.59. The Morgan fingerprint density at radius 1 is 1.25 bits per heavy atom. The molecule has 6 heteroatoms. The summed E-state index contributed by atoms with van der Waals surface area (Å²) >= 11 is 5.88. The Morgan fingerprint density at radius 2 is 1.92 bits per heavy atom. The summed E-state index contributed by atoms with van der Waals surface area (Å²) < 4.78 is 5.24. The van der Waals surface area contributed by atoms with Gasteiger partial charge in [0.15, 0.2) is 5.75 Å². The molecule has 1 saturated heterocycles. The molecule has 1 aliphatic heterocycles. The minimum absolute atomic E-state index is 0.203. The third-order valence-electron chi connectivity index (χ3n) is 4.54. The highest BCUT2D eigenvalue weighted by Gasteiger charge is 2.26. The smallest absolute Gasteiger partial charge is 0.226 e. The minimum Gasteiger partial charge on any atom is -0.502 e. The monoisotopic (exact) mass is 349 g/mol. The Kier molecular flexibility index (Phi) is 5.23. The van der Waals surface area contributed by atoms with Gasteiger partial charge >= 0.3 is 0 Å². The van der Waals surface area contributed by atoms with Gasteiger partial charge in [0.1, 0.15) is 12.0 Å². The molecule has 128 valence electrons. The normalized spacial score (nSPS) is 17.8. The van der Waals surface area contributed by atoms with Crippen molar-refractivity contribution in [2.75, 3.05) is 13.1 Å². The van der Waals surface area contributed by atoms with Gasteiger partial charge in [-0.1, -0.05) is 23.7 Å². The summed E-state index contributed by atoms with van der Waals surface area (Å²) in [7, 11) is 0. The third kappa shape index (κ3) is 3.98. The molecule has 3 rings (SSSR count). The number of aromatic hydroxyl groups is 1. The van der Waals surface area contributed by atoms with E-state index in [2.05, 4.69) is 4.90 Å². The van der Waals surface area contributed by atoms with Crippen molar-refractivity contribution in [3.8, 4) is 5.75 Å². The summed E-state index contributed by atoms with van der Waals surface area (Å²) in [6, 6.07) is 8.64. The summed E-state index contributed by atoms with van der Waals surface area (Å²) in [4.78, 5) is 13.6. The molecular formula is C18H20ClNO4. The number of hydrogen-bond acceptors (Lipinski definition) is 5. The van der Waals surface area contributed by atoms with Crippen LogP contribution >= 0.6 is 11.6 Å². The van der Waals surface area contributed by atoms with Crippen LogP contribution in [0.15, 0.2) is 45.8 Å². The molecule has 0 spiro atoms. The van der Waals surface area contributed by atoms with Gasteiger partial charge in [0.2, 0.25) is 5.43 Å². The second-order valence-corrected chi connectivity index (χ2v) is 6.64. The highest BCUT2D eigenvalue weighted by molar-refractivity contribution is 6.30. The number of aliphatic hydroxyl groups is 1. The van der Waals surface area contributed by atoms with Gasteiger partial charge < -0.3 is 14.6 Å². The van der Waals surface area contributed by atoms with Gasteiger partial charge in [0.25, 0.3) is 0 Å². The van der Waals surface area contributed by atoms with Crippen LogP contribution < -0.4 is 5.43 Å². The number of benzene rings is 1. The molecular weight excluding hydrogens is 330 g/mol. The van der Waals surface area contributed by atoms with Gasteiger partial charge in [-0.15, -0.1) is 0 Å². The number of nitrogens with zero attached hydrogens (tertiary/aromatic N) is 1. The lowest BCUT2D eigenvalue weighted by molar-refractivity contribution is 0.0547. The van der Waals surface area contributed by atoms with Crippen molar-refractivity contribution in [1.29, 1.82) is 0 Å². The zero-order valence-electron chi connectivity index (χ0n) is 13.2. The third-order valence-corrected chi connectivity index (χ3v) is 4.79. The van der Waals surface area contributed by atoms with Gasteiger partial charge in [-0.05, 0) is 49.5 Å². The van der Waals surface area contributed by atoms with E-state index < -0.39 is 11.5 Å². The zero-order chi connectivity index (χ0) is 17.1. The van der Waals surface area contributed by atoms with Crippen molar-refractivity contribution < 1.29 is 14.6 Å². The van der Waals surface area contributed by atoms with Crippen molar-refractivity contribution in [3.63, 3.8) is 0 Å². The molecule has 0 amide bonds. The summed E-state index contributed by atoms with van der Waals surface area (Å²) in [6.07, 6.45) is 2.32. The molecule has 1 aliphatic rings. The van der Waals surface area contributed by atoms with Crippen LogP contribution in [0, 0.1) is 5.92 Å². The van der Waals surface area contributed by atoms with Gasteiger partial charge in [-0.25, -0.2) is 0 Å². The predicted octanol–water partition coefficient (Wildman–Crippen LogP) is 2.94. The number of aliphatic hydroxyl groups excluding tert-OH is 1. The molecule has 2 aromatic rings. The number of hydrogen-bond donors (Lipinski definition) is 2. The van der Waals surface area contributed by atoms with E-state index in [9.17, 15) is 15.0 Å². The molecule has 1 atom stereocenters. The van der Waals surface area contributed by atoms with Crippen LogP contribution in [0.5, 0.6) is 5.75 Å². The van der Waals surface area contributed by atoms with E-state index in [1.165, 1.54) is 6.07 Å². The number of halogens is 1. The van der Waals surface area contributed by atoms with Gasteiger partial charge in [-0.2, -0.15) is 0 Å². The molecule has 1 aromatic carbocycles. The maximum Gasteiger partial charge on any atom is 0.226 e. The van der Waals surface area contributed by atoms with E-state index in [-0.39, 0.29) is 11.7 Å². The molecule has 0 aliphatic carbocycles. The lowest BCUT2D eigenvalue weighted by atomic mass is 9.87. The highest BCUT2D eigenvalue weighted by atomic mass is 35.5. The standard InChI is InChI=1S/C18H20ClNO4/c19-14-3-1-12(2-4-14)18(23)13-5-7-20(8-6-13)10-15-9-16(21)17(22)11-24-15/h1-4,9,11,13,18,22-23H,5-8,10H2. The fourth-order valence-corrected chi connectivity index (χ4v) is 3.23. The van der Waals surface area contributed by atoms with E-state index in [4.69, 9.17) is 16.0 Å². The largest absolute Gasteiger partial charge is 0.502 e. The van der Waals surface area contributed by atoms with Crippen LogP contribution in [0.2, 0.25) is 5.02 Å². The first-order valence-electron chi connectivity index (χ1n) is 7.99. The lowest BCUT2D eigenvalue weighted by Crippen LogP contribution is -2.35. The Morgan fingerprint density at radius 3 is 2.54 bits per heavy atom.